The molecule has 1 aromatic heterocycles. The molecule has 4 nitrogen and oxygen atoms in total. The van der Waals surface area contributed by atoms with Crippen LogP contribution in [0, 0.1) is 11.8 Å². The zero-order valence-corrected chi connectivity index (χ0v) is 16.1. The zero-order chi connectivity index (χ0) is 16.8. The summed E-state index contributed by atoms with van der Waals surface area (Å²) < 4.78 is 0. The second kappa shape index (κ2) is 9.90. The minimum absolute atomic E-state index is 0. The molecule has 0 radical (unpaired) electrons. The van der Waals surface area contributed by atoms with Gasteiger partial charge in [0.2, 0.25) is 5.91 Å². The molecular weight excluding hydrogens is 354 g/mol. The Morgan fingerprint density at radius 2 is 2.04 bits per heavy atom. The van der Waals surface area contributed by atoms with Crippen LogP contribution in [-0.4, -0.2) is 24.0 Å². The Morgan fingerprint density at radius 3 is 2.68 bits per heavy atom. The molecule has 1 fully saturated rings. The minimum Gasteiger partial charge on any atom is -0.343 e. The fourth-order valence-electron chi connectivity index (χ4n) is 3.40. The van der Waals surface area contributed by atoms with Gasteiger partial charge in [-0.1, -0.05) is 37.3 Å². The Hall–Kier alpha value is -1.43. The maximum Gasteiger partial charge on any atom is 0.221 e. The lowest BCUT2D eigenvalue weighted by atomic mass is 9.84. The van der Waals surface area contributed by atoms with E-state index in [2.05, 4.69) is 22.5 Å². The lowest BCUT2D eigenvalue weighted by molar-refractivity contribution is -0.122. The van der Waals surface area contributed by atoms with Gasteiger partial charge in [0.1, 0.15) is 11.0 Å². The van der Waals surface area contributed by atoms with Gasteiger partial charge in [-0.05, 0) is 43.3 Å². The third kappa shape index (κ3) is 5.53. The summed E-state index contributed by atoms with van der Waals surface area (Å²) in [6, 6.07) is 9.92. The van der Waals surface area contributed by atoms with Crippen LogP contribution in [0.4, 0.5) is 0 Å². The molecule has 2 N–H and O–H groups in total. The quantitative estimate of drug-likeness (QED) is 0.802. The van der Waals surface area contributed by atoms with Crippen molar-refractivity contribution in [3.05, 3.63) is 52.5 Å². The van der Waals surface area contributed by atoms with Crippen molar-refractivity contribution in [1.29, 1.82) is 0 Å². The molecule has 1 saturated heterocycles. The van der Waals surface area contributed by atoms with Gasteiger partial charge in [0, 0.05) is 18.0 Å². The second-order valence-electron chi connectivity index (χ2n) is 6.55. The average molecular weight is 380 g/mol. The lowest BCUT2D eigenvalue weighted by Gasteiger charge is -2.28. The molecule has 2 atom stereocenters. The maximum atomic E-state index is 12.6. The number of nitrogens with one attached hydrogen (secondary N) is 2. The van der Waals surface area contributed by atoms with Crippen LogP contribution in [0.5, 0.6) is 0 Å². The second-order valence-corrected chi connectivity index (χ2v) is 7.48. The third-order valence-corrected chi connectivity index (χ3v) is 5.67. The van der Waals surface area contributed by atoms with Gasteiger partial charge in [-0.15, -0.1) is 23.7 Å². The predicted octanol–water partition coefficient (Wildman–Crippen LogP) is 3.80. The van der Waals surface area contributed by atoms with Crippen molar-refractivity contribution < 1.29 is 4.79 Å². The summed E-state index contributed by atoms with van der Waals surface area (Å²) in [5.74, 6) is 1.18. The van der Waals surface area contributed by atoms with Crippen LogP contribution >= 0.6 is 23.7 Å². The number of aromatic nitrogens is 1. The summed E-state index contributed by atoms with van der Waals surface area (Å²) in [7, 11) is 0. The number of hydrogen-bond donors (Lipinski definition) is 2. The average Bonchev–Trinajstić information content (AvgIpc) is 3.15. The Balaban J connectivity index is 0.00000225. The van der Waals surface area contributed by atoms with Crippen molar-refractivity contribution in [3.63, 3.8) is 0 Å². The molecule has 6 heteroatoms. The van der Waals surface area contributed by atoms with E-state index in [0.717, 1.165) is 23.7 Å². The number of amides is 1. The first-order valence-corrected chi connectivity index (χ1v) is 9.56. The van der Waals surface area contributed by atoms with Crippen LogP contribution in [0.25, 0.3) is 0 Å². The summed E-state index contributed by atoms with van der Waals surface area (Å²) >= 11 is 1.58. The SMILES string of the molecule is CC(CC(=O)NC(c1ccccc1)c1nccs1)C1CCNCC1.Cl. The fourth-order valence-corrected chi connectivity index (χ4v) is 4.12. The molecule has 1 amide bonds. The monoisotopic (exact) mass is 379 g/mol. The molecule has 0 aliphatic carbocycles. The zero-order valence-electron chi connectivity index (χ0n) is 14.5. The van der Waals surface area contributed by atoms with Crippen molar-refractivity contribution in [3.8, 4) is 0 Å². The molecule has 1 aliphatic heterocycles. The first-order chi connectivity index (χ1) is 11.7. The number of thiazole rings is 1. The van der Waals surface area contributed by atoms with Crippen molar-refractivity contribution in [2.24, 2.45) is 11.8 Å². The Labute approximate surface area is 159 Å². The first-order valence-electron chi connectivity index (χ1n) is 8.68. The largest absolute Gasteiger partial charge is 0.343 e. The van der Waals surface area contributed by atoms with E-state index >= 15 is 0 Å². The van der Waals surface area contributed by atoms with Crippen molar-refractivity contribution in [1.82, 2.24) is 15.6 Å². The van der Waals surface area contributed by atoms with E-state index in [4.69, 9.17) is 0 Å². The van der Waals surface area contributed by atoms with Gasteiger partial charge in [0.05, 0.1) is 0 Å². The summed E-state index contributed by atoms with van der Waals surface area (Å²) in [6.45, 7) is 4.35. The minimum atomic E-state index is -0.154. The van der Waals surface area contributed by atoms with Crippen molar-refractivity contribution in [2.45, 2.75) is 32.2 Å². The molecule has 2 heterocycles. The third-order valence-electron chi connectivity index (χ3n) is 4.83. The van der Waals surface area contributed by atoms with E-state index in [-0.39, 0.29) is 24.4 Å². The van der Waals surface area contributed by atoms with Crippen LogP contribution in [0.3, 0.4) is 0 Å². The topological polar surface area (TPSA) is 54.0 Å². The molecule has 0 saturated carbocycles. The van der Waals surface area contributed by atoms with E-state index in [0.29, 0.717) is 18.3 Å². The molecule has 0 spiro atoms. The van der Waals surface area contributed by atoms with Gasteiger partial charge < -0.3 is 10.6 Å². The normalized spacial score (nSPS) is 17.3. The number of carbonyl (C=O) groups is 1. The van der Waals surface area contributed by atoms with Gasteiger partial charge in [0.25, 0.3) is 0 Å². The molecular formula is C19H26ClN3OS. The number of nitrogens with zero attached hydrogens (tertiary/aromatic N) is 1. The number of halogens is 1. The van der Waals surface area contributed by atoms with Crippen LogP contribution in [0.2, 0.25) is 0 Å². The van der Waals surface area contributed by atoms with E-state index < -0.39 is 0 Å². The predicted molar refractivity (Wildman–Crippen MR) is 105 cm³/mol. The van der Waals surface area contributed by atoms with E-state index in [9.17, 15) is 4.79 Å². The molecule has 2 aromatic rings. The van der Waals surface area contributed by atoms with Gasteiger partial charge in [-0.25, -0.2) is 4.98 Å². The highest BCUT2D eigenvalue weighted by Gasteiger charge is 2.24. The highest BCUT2D eigenvalue weighted by Crippen LogP contribution is 2.27. The van der Waals surface area contributed by atoms with E-state index in [1.807, 2.05) is 35.7 Å². The highest BCUT2D eigenvalue weighted by molar-refractivity contribution is 7.09. The fraction of sp³-hybridized carbons (Fsp3) is 0.474. The van der Waals surface area contributed by atoms with Gasteiger partial charge in [-0.3, -0.25) is 4.79 Å². The standard InChI is InChI=1S/C19H25N3OS.ClH/c1-14(15-7-9-20-10-8-15)13-17(23)22-18(19-21-11-12-24-19)16-5-3-2-4-6-16;/h2-6,11-12,14-15,18,20H,7-10,13H2,1H3,(H,22,23);1H. The van der Waals surface area contributed by atoms with Gasteiger partial charge in [-0.2, -0.15) is 0 Å². The molecule has 1 aromatic carbocycles. The summed E-state index contributed by atoms with van der Waals surface area (Å²) in [5.41, 5.74) is 1.08. The Bertz CT molecular complexity index is 629. The molecule has 136 valence electrons. The van der Waals surface area contributed by atoms with Crippen molar-refractivity contribution >= 4 is 29.7 Å². The van der Waals surface area contributed by atoms with Crippen LogP contribution in [0.1, 0.15) is 42.8 Å². The molecule has 0 bridgehead atoms. The van der Waals surface area contributed by atoms with Crippen LogP contribution in [0.15, 0.2) is 41.9 Å². The van der Waals surface area contributed by atoms with E-state index in [1.165, 1.54) is 12.8 Å². The smallest absolute Gasteiger partial charge is 0.221 e. The number of hydrogen-bond acceptors (Lipinski definition) is 4. The highest BCUT2D eigenvalue weighted by atomic mass is 35.5. The van der Waals surface area contributed by atoms with E-state index in [1.54, 1.807) is 17.5 Å². The number of carbonyl (C=O) groups excluding carboxylic acids is 1. The number of piperidine rings is 1. The summed E-state index contributed by atoms with van der Waals surface area (Å²) in [5, 5.41) is 9.47. The van der Waals surface area contributed by atoms with Gasteiger partial charge in [0.15, 0.2) is 0 Å². The number of rotatable bonds is 6. The maximum absolute atomic E-state index is 12.6. The summed E-state index contributed by atoms with van der Waals surface area (Å²) in [6.07, 6.45) is 4.71. The Kier molecular flexibility index (Phi) is 7.88. The van der Waals surface area contributed by atoms with Gasteiger partial charge >= 0.3 is 0 Å². The molecule has 25 heavy (non-hydrogen) atoms. The molecule has 3 rings (SSSR count). The van der Waals surface area contributed by atoms with Crippen molar-refractivity contribution in [2.75, 3.05) is 13.1 Å². The molecule has 1 aliphatic rings. The van der Waals surface area contributed by atoms with Crippen LogP contribution < -0.4 is 10.6 Å². The van der Waals surface area contributed by atoms with Crippen LogP contribution in [-0.2, 0) is 4.79 Å². The number of benzene rings is 1. The lowest BCUT2D eigenvalue weighted by Crippen LogP contribution is -2.35. The Morgan fingerprint density at radius 1 is 1.32 bits per heavy atom. The first kappa shape index (κ1) is 19.9. The summed E-state index contributed by atoms with van der Waals surface area (Å²) in [4.78, 5) is 17.0. The molecule has 2 unspecified atom stereocenters.